The van der Waals surface area contributed by atoms with E-state index in [2.05, 4.69) is 17.1 Å². The number of carbonyl (C=O) groups excluding carboxylic acids is 1. The highest BCUT2D eigenvalue weighted by molar-refractivity contribution is 5.79. The van der Waals surface area contributed by atoms with E-state index in [0.717, 1.165) is 25.8 Å². The zero-order valence-electron chi connectivity index (χ0n) is 10.4. The van der Waals surface area contributed by atoms with Gasteiger partial charge in [-0.05, 0) is 45.2 Å². The Morgan fingerprint density at radius 1 is 1.31 bits per heavy atom. The molecule has 1 N–H and O–H groups in total. The molecule has 2 rings (SSSR count). The van der Waals surface area contributed by atoms with E-state index in [1.807, 2.05) is 0 Å². The summed E-state index contributed by atoms with van der Waals surface area (Å²) in [4.78, 5) is 14.3. The molecule has 1 aliphatic carbocycles. The van der Waals surface area contributed by atoms with Crippen LogP contribution in [0.5, 0.6) is 0 Å². The molecule has 1 heterocycles. The van der Waals surface area contributed by atoms with Crippen molar-refractivity contribution in [3.8, 4) is 0 Å². The number of hydrogen-bond donors (Lipinski definition) is 1. The Morgan fingerprint density at radius 2 is 2.00 bits per heavy atom. The lowest BCUT2D eigenvalue weighted by atomic mass is 9.85. The summed E-state index contributed by atoms with van der Waals surface area (Å²) in [5.74, 6) is 0.625. The Morgan fingerprint density at radius 3 is 2.50 bits per heavy atom. The third-order valence-corrected chi connectivity index (χ3v) is 4.12. The third-order valence-electron chi connectivity index (χ3n) is 4.12. The molecular weight excluding hydrogens is 200 g/mol. The number of likely N-dealkylation sites (tertiary alicyclic amines) is 1. The second-order valence-electron chi connectivity index (χ2n) is 5.18. The summed E-state index contributed by atoms with van der Waals surface area (Å²) in [6.45, 7) is 5.51. The molecule has 3 nitrogen and oxygen atoms in total. The first kappa shape index (κ1) is 11.9. The molecule has 92 valence electrons. The van der Waals surface area contributed by atoms with Crippen LogP contribution in [-0.2, 0) is 4.79 Å². The second kappa shape index (κ2) is 5.67. The van der Waals surface area contributed by atoms with Gasteiger partial charge in [0.05, 0.1) is 0 Å². The summed E-state index contributed by atoms with van der Waals surface area (Å²) in [6, 6.07) is 0.562. The predicted molar refractivity (Wildman–Crippen MR) is 65.2 cm³/mol. The monoisotopic (exact) mass is 224 g/mol. The fourth-order valence-electron chi connectivity index (χ4n) is 2.67. The first-order valence-electron chi connectivity index (χ1n) is 6.83. The van der Waals surface area contributed by atoms with Gasteiger partial charge in [-0.15, -0.1) is 0 Å². The van der Waals surface area contributed by atoms with Crippen molar-refractivity contribution in [3.05, 3.63) is 0 Å². The minimum atomic E-state index is 0.295. The summed E-state index contributed by atoms with van der Waals surface area (Å²) in [6.07, 6.45) is 7.24. The van der Waals surface area contributed by atoms with Crippen LogP contribution in [-0.4, -0.2) is 36.5 Å². The maximum atomic E-state index is 11.7. The van der Waals surface area contributed by atoms with Gasteiger partial charge in [-0.1, -0.05) is 13.3 Å². The van der Waals surface area contributed by atoms with Crippen molar-refractivity contribution in [2.24, 2.45) is 5.92 Å². The summed E-state index contributed by atoms with van der Waals surface area (Å²) in [5, 5.41) is 3.13. The standard InChI is InChI=1S/C13H24N2O/c1-2-12(15-8-3-4-9-15)10-14-13(16)11-6-5-7-11/h11-12H,2-10H2,1H3,(H,14,16). The molecule has 2 fully saturated rings. The van der Waals surface area contributed by atoms with Gasteiger partial charge in [0.15, 0.2) is 0 Å². The first-order chi connectivity index (χ1) is 7.81. The van der Waals surface area contributed by atoms with Crippen LogP contribution >= 0.6 is 0 Å². The van der Waals surface area contributed by atoms with Gasteiger partial charge in [-0.25, -0.2) is 0 Å². The van der Waals surface area contributed by atoms with E-state index < -0.39 is 0 Å². The molecule has 1 saturated heterocycles. The molecule has 0 radical (unpaired) electrons. The molecule has 0 aromatic heterocycles. The van der Waals surface area contributed by atoms with Crippen LogP contribution in [0.15, 0.2) is 0 Å². The molecule has 0 aromatic carbocycles. The topological polar surface area (TPSA) is 32.3 Å². The summed E-state index contributed by atoms with van der Waals surface area (Å²) < 4.78 is 0. The van der Waals surface area contributed by atoms with Crippen molar-refractivity contribution in [2.75, 3.05) is 19.6 Å². The second-order valence-corrected chi connectivity index (χ2v) is 5.18. The number of nitrogens with one attached hydrogen (secondary N) is 1. The van der Waals surface area contributed by atoms with E-state index in [1.54, 1.807) is 0 Å². The lowest BCUT2D eigenvalue weighted by Gasteiger charge is -2.29. The molecule has 1 atom stereocenters. The van der Waals surface area contributed by atoms with Crippen LogP contribution in [0.25, 0.3) is 0 Å². The van der Waals surface area contributed by atoms with Gasteiger partial charge < -0.3 is 5.32 Å². The molecule has 1 unspecified atom stereocenters. The van der Waals surface area contributed by atoms with Crippen molar-refractivity contribution in [1.82, 2.24) is 10.2 Å². The zero-order valence-corrected chi connectivity index (χ0v) is 10.4. The Balaban J connectivity index is 1.71. The Kier molecular flexibility index (Phi) is 4.22. The Bertz CT molecular complexity index is 232. The average Bonchev–Trinajstić information content (AvgIpc) is 2.69. The largest absolute Gasteiger partial charge is 0.354 e. The van der Waals surface area contributed by atoms with E-state index in [9.17, 15) is 4.79 Å². The summed E-state index contributed by atoms with van der Waals surface area (Å²) in [5.41, 5.74) is 0. The molecule has 2 aliphatic rings. The van der Waals surface area contributed by atoms with Gasteiger partial charge in [0.25, 0.3) is 0 Å². The number of amides is 1. The van der Waals surface area contributed by atoms with E-state index in [4.69, 9.17) is 0 Å². The van der Waals surface area contributed by atoms with Crippen LogP contribution < -0.4 is 5.32 Å². The van der Waals surface area contributed by atoms with Crippen LogP contribution in [0.4, 0.5) is 0 Å². The van der Waals surface area contributed by atoms with Crippen molar-refractivity contribution < 1.29 is 4.79 Å². The van der Waals surface area contributed by atoms with E-state index in [0.29, 0.717) is 17.9 Å². The van der Waals surface area contributed by atoms with Gasteiger partial charge in [0.2, 0.25) is 5.91 Å². The fourth-order valence-corrected chi connectivity index (χ4v) is 2.67. The molecule has 1 amide bonds. The van der Waals surface area contributed by atoms with Gasteiger partial charge in [0.1, 0.15) is 0 Å². The molecule has 0 aromatic rings. The molecule has 0 spiro atoms. The molecular formula is C13H24N2O. The highest BCUT2D eigenvalue weighted by Crippen LogP contribution is 2.26. The smallest absolute Gasteiger partial charge is 0.223 e. The maximum absolute atomic E-state index is 11.7. The fraction of sp³-hybridized carbons (Fsp3) is 0.923. The first-order valence-corrected chi connectivity index (χ1v) is 6.83. The number of nitrogens with zero attached hydrogens (tertiary/aromatic N) is 1. The number of rotatable bonds is 5. The molecule has 16 heavy (non-hydrogen) atoms. The summed E-state index contributed by atoms with van der Waals surface area (Å²) in [7, 11) is 0. The van der Waals surface area contributed by atoms with Gasteiger partial charge in [-0.3, -0.25) is 9.69 Å². The van der Waals surface area contributed by atoms with E-state index in [1.165, 1.54) is 32.4 Å². The molecule has 0 bridgehead atoms. The van der Waals surface area contributed by atoms with Crippen LogP contribution in [0.1, 0.15) is 45.4 Å². The van der Waals surface area contributed by atoms with Crippen molar-refractivity contribution in [2.45, 2.75) is 51.5 Å². The van der Waals surface area contributed by atoms with E-state index >= 15 is 0 Å². The Hall–Kier alpha value is -0.570. The van der Waals surface area contributed by atoms with Crippen molar-refractivity contribution in [1.29, 1.82) is 0 Å². The lowest BCUT2D eigenvalue weighted by molar-refractivity contribution is -0.127. The normalized spacial score (nSPS) is 24.1. The summed E-state index contributed by atoms with van der Waals surface area (Å²) >= 11 is 0. The maximum Gasteiger partial charge on any atom is 0.223 e. The highest BCUT2D eigenvalue weighted by Gasteiger charge is 2.26. The minimum absolute atomic E-state index is 0.295. The van der Waals surface area contributed by atoms with Crippen LogP contribution in [0.2, 0.25) is 0 Å². The predicted octanol–water partition coefficient (Wildman–Crippen LogP) is 1.78. The van der Waals surface area contributed by atoms with Crippen molar-refractivity contribution in [3.63, 3.8) is 0 Å². The van der Waals surface area contributed by atoms with Gasteiger partial charge in [0, 0.05) is 18.5 Å². The number of carbonyl (C=O) groups is 1. The molecule has 1 aliphatic heterocycles. The lowest BCUT2D eigenvalue weighted by Crippen LogP contribution is -2.44. The highest BCUT2D eigenvalue weighted by atomic mass is 16.1. The van der Waals surface area contributed by atoms with Gasteiger partial charge in [-0.2, -0.15) is 0 Å². The Labute approximate surface area is 98.6 Å². The van der Waals surface area contributed by atoms with Crippen LogP contribution in [0.3, 0.4) is 0 Å². The van der Waals surface area contributed by atoms with Crippen LogP contribution in [0, 0.1) is 5.92 Å². The molecule has 1 saturated carbocycles. The third kappa shape index (κ3) is 2.76. The van der Waals surface area contributed by atoms with Gasteiger partial charge >= 0.3 is 0 Å². The quantitative estimate of drug-likeness (QED) is 0.772. The molecule has 3 heteroatoms. The minimum Gasteiger partial charge on any atom is -0.354 e. The zero-order chi connectivity index (χ0) is 11.4. The van der Waals surface area contributed by atoms with Crippen molar-refractivity contribution >= 4 is 5.91 Å². The van der Waals surface area contributed by atoms with E-state index in [-0.39, 0.29) is 0 Å². The number of hydrogen-bond acceptors (Lipinski definition) is 2. The SMILES string of the molecule is CCC(CNC(=O)C1CCC1)N1CCCC1. The average molecular weight is 224 g/mol.